The second kappa shape index (κ2) is 6.88. The fraction of sp³-hybridized carbons (Fsp3) is 0.429. The Morgan fingerprint density at radius 2 is 2.00 bits per heavy atom. The maximum atomic E-state index is 11.9. The van der Waals surface area contributed by atoms with Gasteiger partial charge in [0.15, 0.2) is 0 Å². The van der Waals surface area contributed by atoms with E-state index in [-0.39, 0.29) is 5.91 Å². The molecule has 5 heteroatoms. The Balaban J connectivity index is 1.73. The summed E-state index contributed by atoms with van der Waals surface area (Å²) in [5.74, 6) is 0.108. The second-order valence-electron chi connectivity index (χ2n) is 4.41. The molecule has 19 heavy (non-hydrogen) atoms. The van der Waals surface area contributed by atoms with Gasteiger partial charge in [0, 0.05) is 19.6 Å². The molecule has 0 spiro atoms. The van der Waals surface area contributed by atoms with Crippen LogP contribution in [0.4, 0.5) is 0 Å². The first-order valence-corrected chi connectivity index (χ1v) is 6.35. The number of morpholine rings is 1. The Kier molecular flexibility index (Phi) is 4.90. The molecule has 0 bridgehead atoms. The zero-order valence-corrected chi connectivity index (χ0v) is 10.8. The number of benzene rings is 1. The number of nitriles is 1. The van der Waals surface area contributed by atoms with Crippen LogP contribution in [0.5, 0.6) is 0 Å². The molecule has 0 aliphatic carbocycles. The van der Waals surface area contributed by atoms with Gasteiger partial charge in [-0.15, -0.1) is 0 Å². The molecule has 0 aromatic heterocycles. The molecule has 0 saturated carbocycles. The Morgan fingerprint density at radius 1 is 1.32 bits per heavy atom. The molecule has 1 saturated heterocycles. The van der Waals surface area contributed by atoms with Gasteiger partial charge in [0.2, 0.25) is 5.91 Å². The van der Waals surface area contributed by atoms with Crippen molar-refractivity contribution in [2.75, 3.05) is 32.8 Å². The van der Waals surface area contributed by atoms with Crippen molar-refractivity contribution in [3.05, 3.63) is 35.4 Å². The maximum Gasteiger partial charge on any atom is 0.236 e. The van der Waals surface area contributed by atoms with Crippen LogP contribution in [0, 0.1) is 11.3 Å². The molecule has 1 aromatic rings. The van der Waals surface area contributed by atoms with Crippen LogP contribution < -0.4 is 5.32 Å². The summed E-state index contributed by atoms with van der Waals surface area (Å²) in [5.41, 5.74) is 1.71. The number of hydrogen-bond donors (Lipinski definition) is 1. The van der Waals surface area contributed by atoms with Crippen LogP contribution in [0.2, 0.25) is 0 Å². The van der Waals surface area contributed by atoms with E-state index in [0.717, 1.165) is 5.56 Å². The number of rotatable bonds is 4. The summed E-state index contributed by atoms with van der Waals surface area (Å²) in [6.07, 6.45) is 0. The zero-order valence-electron chi connectivity index (χ0n) is 10.8. The van der Waals surface area contributed by atoms with Crippen molar-refractivity contribution in [2.45, 2.75) is 6.54 Å². The minimum absolute atomic E-state index is 0.108. The van der Waals surface area contributed by atoms with Crippen molar-refractivity contribution in [3.63, 3.8) is 0 Å². The van der Waals surface area contributed by atoms with E-state index in [9.17, 15) is 4.79 Å². The standard InChI is InChI=1S/C14H17N3O2/c15-9-12-1-3-13(4-2-12)10-16-11-14(18)17-5-7-19-8-6-17/h1-4,16H,5-8,10-11H2. The Hall–Kier alpha value is -1.90. The van der Waals surface area contributed by atoms with Crippen molar-refractivity contribution >= 4 is 5.91 Å². The van der Waals surface area contributed by atoms with Gasteiger partial charge in [0.05, 0.1) is 31.4 Å². The highest BCUT2D eigenvalue weighted by Gasteiger charge is 2.15. The van der Waals surface area contributed by atoms with Crippen LogP contribution in [0.3, 0.4) is 0 Å². The number of hydrogen-bond acceptors (Lipinski definition) is 4. The van der Waals surface area contributed by atoms with Gasteiger partial charge in [-0.05, 0) is 17.7 Å². The normalized spacial score (nSPS) is 15.0. The molecule has 1 heterocycles. The molecule has 1 aliphatic rings. The number of ether oxygens (including phenoxy) is 1. The molecule has 2 rings (SSSR count). The monoisotopic (exact) mass is 259 g/mol. The highest BCUT2D eigenvalue weighted by atomic mass is 16.5. The first-order valence-electron chi connectivity index (χ1n) is 6.35. The highest BCUT2D eigenvalue weighted by molar-refractivity contribution is 5.78. The van der Waals surface area contributed by atoms with E-state index in [2.05, 4.69) is 11.4 Å². The minimum atomic E-state index is 0.108. The van der Waals surface area contributed by atoms with Crippen molar-refractivity contribution < 1.29 is 9.53 Å². The molecular weight excluding hydrogens is 242 g/mol. The van der Waals surface area contributed by atoms with Crippen LogP contribution in [0.15, 0.2) is 24.3 Å². The van der Waals surface area contributed by atoms with Gasteiger partial charge in [-0.1, -0.05) is 12.1 Å². The topological polar surface area (TPSA) is 65.4 Å². The summed E-state index contributed by atoms with van der Waals surface area (Å²) in [7, 11) is 0. The van der Waals surface area contributed by atoms with Gasteiger partial charge < -0.3 is 15.0 Å². The fourth-order valence-electron chi connectivity index (χ4n) is 1.94. The average molecular weight is 259 g/mol. The fourth-order valence-corrected chi connectivity index (χ4v) is 1.94. The lowest BCUT2D eigenvalue weighted by Crippen LogP contribution is -2.44. The number of nitrogens with zero attached hydrogens (tertiary/aromatic N) is 2. The summed E-state index contributed by atoms with van der Waals surface area (Å²) < 4.78 is 5.20. The lowest BCUT2D eigenvalue weighted by atomic mass is 10.1. The minimum Gasteiger partial charge on any atom is -0.378 e. The third-order valence-corrected chi connectivity index (χ3v) is 3.05. The molecule has 1 amide bonds. The summed E-state index contributed by atoms with van der Waals surface area (Å²) >= 11 is 0. The second-order valence-corrected chi connectivity index (χ2v) is 4.41. The molecule has 0 unspecified atom stereocenters. The van der Waals surface area contributed by atoms with Gasteiger partial charge >= 0.3 is 0 Å². The van der Waals surface area contributed by atoms with Crippen molar-refractivity contribution in [1.29, 1.82) is 5.26 Å². The van der Waals surface area contributed by atoms with Crippen molar-refractivity contribution in [2.24, 2.45) is 0 Å². The lowest BCUT2D eigenvalue weighted by Gasteiger charge is -2.26. The Labute approximate surface area is 112 Å². The van der Waals surface area contributed by atoms with E-state index >= 15 is 0 Å². The number of nitrogens with one attached hydrogen (secondary N) is 1. The SMILES string of the molecule is N#Cc1ccc(CNCC(=O)N2CCOCC2)cc1. The molecule has 1 aliphatic heterocycles. The predicted octanol–water partition coefficient (Wildman–Crippen LogP) is 0.507. The smallest absolute Gasteiger partial charge is 0.236 e. The van der Waals surface area contributed by atoms with E-state index < -0.39 is 0 Å². The van der Waals surface area contributed by atoms with Gasteiger partial charge in [0.1, 0.15) is 0 Å². The van der Waals surface area contributed by atoms with E-state index in [4.69, 9.17) is 10.00 Å². The van der Waals surface area contributed by atoms with Gasteiger partial charge in [0.25, 0.3) is 0 Å². The number of carbonyl (C=O) groups is 1. The van der Waals surface area contributed by atoms with Gasteiger partial charge in [-0.25, -0.2) is 0 Å². The first-order chi connectivity index (χ1) is 9.29. The molecule has 5 nitrogen and oxygen atoms in total. The largest absolute Gasteiger partial charge is 0.378 e. The third-order valence-electron chi connectivity index (χ3n) is 3.05. The van der Waals surface area contributed by atoms with Gasteiger partial charge in [-0.2, -0.15) is 5.26 Å². The zero-order chi connectivity index (χ0) is 13.5. The summed E-state index contributed by atoms with van der Waals surface area (Å²) in [5, 5.41) is 11.8. The van der Waals surface area contributed by atoms with Crippen LogP contribution in [-0.4, -0.2) is 43.7 Å². The predicted molar refractivity (Wildman–Crippen MR) is 70.3 cm³/mol. The van der Waals surface area contributed by atoms with E-state index in [1.807, 2.05) is 17.0 Å². The van der Waals surface area contributed by atoms with Crippen molar-refractivity contribution in [3.8, 4) is 6.07 Å². The molecule has 1 fully saturated rings. The summed E-state index contributed by atoms with van der Waals surface area (Å²) in [6.45, 7) is 3.57. The molecule has 1 aromatic carbocycles. The van der Waals surface area contributed by atoms with Gasteiger partial charge in [-0.3, -0.25) is 4.79 Å². The number of carbonyl (C=O) groups excluding carboxylic acids is 1. The number of amides is 1. The molecular formula is C14H17N3O2. The molecule has 100 valence electrons. The quantitative estimate of drug-likeness (QED) is 0.855. The van der Waals surface area contributed by atoms with Crippen molar-refractivity contribution in [1.82, 2.24) is 10.2 Å². The van der Waals surface area contributed by atoms with Crippen LogP contribution in [0.25, 0.3) is 0 Å². The van der Waals surface area contributed by atoms with E-state index in [1.54, 1.807) is 12.1 Å². The first kappa shape index (κ1) is 13.5. The lowest BCUT2D eigenvalue weighted by molar-refractivity contribution is -0.134. The Bertz CT molecular complexity index is 459. The third kappa shape index (κ3) is 4.05. The molecule has 1 N–H and O–H groups in total. The molecule has 0 radical (unpaired) electrons. The van der Waals surface area contributed by atoms with E-state index in [1.165, 1.54) is 0 Å². The highest BCUT2D eigenvalue weighted by Crippen LogP contribution is 2.03. The average Bonchev–Trinajstić information content (AvgIpc) is 2.49. The summed E-state index contributed by atoms with van der Waals surface area (Å²) in [4.78, 5) is 13.7. The van der Waals surface area contributed by atoms with E-state index in [0.29, 0.717) is 45.0 Å². The van der Waals surface area contributed by atoms with Crippen LogP contribution in [0.1, 0.15) is 11.1 Å². The van der Waals surface area contributed by atoms with Crippen LogP contribution in [-0.2, 0) is 16.1 Å². The summed E-state index contributed by atoms with van der Waals surface area (Å²) in [6, 6.07) is 9.42. The molecule has 0 atom stereocenters. The Morgan fingerprint density at radius 3 is 2.63 bits per heavy atom. The van der Waals surface area contributed by atoms with Crippen LogP contribution >= 0.6 is 0 Å². The maximum absolute atomic E-state index is 11.9.